The molecule has 0 aromatic heterocycles. The summed E-state index contributed by atoms with van der Waals surface area (Å²) in [5, 5.41) is 3.66. The number of benzene rings is 1. The van der Waals surface area contributed by atoms with E-state index in [-0.39, 0.29) is 0 Å². The van der Waals surface area contributed by atoms with Gasteiger partial charge in [-0.3, -0.25) is 4.90 Å². The summed E-state index contributed by atoms with van der Waals surface area (Å²) in [6.45, 7) is 14.1. The second-order valence-corrected chi connectivity index (χ2v) is 6.83. The number of hydrogen-bond acceptors (Lipinski definition) is 2. The molecular weight excluding hydrogens is 244 g/mol. The Hall–Kier alpha value is -0.860. The molecule has 112 valence electrons. The molecule has 1 aliphatic heterocycles. The van der Waals surface area contributed by atoms with E-state index in [0.717, 1.165) is 30.8 Å². The van der Waals surface area contributed by atoms with Crippen molar-refractivity contribution in [1.82, 2.24) is 10.2 Å². The van der Waals surface area contributed by atoms with Crippen molar-refractivity contribution in [1.29, 1.82) is 0 Å². The standard InChI is InChI=1S/C18H30N2/c1-14(2)17(15(3)4)12-20-11-10-19-18(13-20)16-8-6-5-7-9-16/h5-9,14-15,17-19H,10-13H2,1-4H3. The van der Waals surface area contributed by atoms with Crippen molar-refractivity contribution in [3.63, 3.8) is 0 Å². The van der Waals surface area contributed by atoms with Crippen LogP contribution in [0, 0.1) is 17.8 Å². The van der Waals surface area contributed by atoms with Crippen molar-refractivity contribution in [2.24, 2.45) is 17.8 Å². The topological polar surface area (TPSA) is 15.3 Å². The van der Waals surface area contributed by atoms with Gasteiger partial charge in [-0.05, 0) is 23.3 Å². The van der Waals surface area contributed by atoms with Crippen molar-refractivity contribution >= 4 is 0 Å². The number of piperazine rings is 1. The Labute approximate surface area is 124 Å². The van der Waals surface area contributed by atoms with Gasteiger partial charge in [-0.1, -0.05) is 58.0 Å². The fourth-order valence-corrected chi connectivity index (χ4v) is 3.37. The first-order valence-corrected chi connectivity index (χ1v) is 8.08. The maximum Gasteiger partial charge on any atom is 0.0449 e. The maximum absolute atomic E-state index is 3.66. The first-order valence-electron chi connectivity index (χ1n) is 8.08. The predicted octanol–water partition coefficient (Wildman–Crippen LogP) is 3.56. The lowest BCUT2D eigenvalue weighted by Crippen LogP contribution is -2.48. The Morgan fingerprint density at radius 3 is 2.35 bits per heavy atom. The molecule has 1 atom stereocenters. The number of hydrogen-bond donors (Lipinski definition) is 1. The van der Waals surface area contributed by atoms with Crippen molar-refractivity contribution in [2.75, 3.05) is 26.2 Å². The summed E-state index contributed by atoms with van der Waals surface area (Å²) in [6, 6.07) is 11.3. The summed E-state index contributed by atoms with van der Waals surface area (Å²) in [7, 11) is 0. The molecule has 0 aliphatic carbocycles. The zero-order valence-corrected chi connectivity index (χ0v) is 13.5. The van der Waals surface area contributed by atoms with Gasteiger partial charge in [0.15, 0.2) is 0 Å². The van der Waals surface area contributed by atoms with Gasteiger partial charge in [0.1, 0.15) is 0 Å². The van der Waals surface area contributed by atoms with Gasteiger partial charge < -0.3 is 5.32 Å². The quantitative estimate of drug-likeness (QED) is 0.883. The highest BCUT2D eigenvalue weighted by Gasteiger charge is 2.25. The van der Waals surface area contributed by atoms with E-state index >= 15 is 0 Å². The Morgan fingerprint density at radius 1 is 1.10 bits per heavy atom. The molecule has 1 saturated heterocycles. The van der Waals surface area contributed by atoms with Crippen molar-refractivity contribution in [3.8, 4) is 0 Å². The molecule has 2 nitrogen and oxygen atoms in total. The Morgan fingerprint density at radius 2 is 1.75 bits per heavy atom. The summed E-state index contributed by atoms with van der Waals surface area (Å²) in [5.74, 6) is 2.32. The lowest BCUT2D eigenvalue weighted by Gasteiger charge is -2.38. The van der Waals surface area contributed by atoms with Crippen LogP contribution in [0.15, 0.2) is 30.3 Å². The largest absolute Gasteiger partial charge is 0.308 e. The molecule has 1 aliphatic rings. The van der Waals surface area contributed by atoms with Crippen molar-refractivity contribution in [2.45, 2.75) is 33.7 Å². The van der Waals surface area contributed by atoms with Gasteiger partial charge in [0, 0.05) is 32.2 Å². The van der Waals surface area contributed by atoms with E-state index in [1.807, 2.05) is 0 Å². The smallest absolute Gasteiger partial charge is 0.0449 e. The van der Waals surface area contributed by atoms with Crippen LogP contribution in [0.5, 0.6) is 0 Å². The average molecular weight is 274 g/mol. The number of nitrogens with one attached hydrogen (secondary N) is 1. The first-order chi connectivity index (χ1) is 9.58. The molecule has 0 spiro atoms. The highest BCUT2D eigenvalue weighted by molar-refractivity contribution is 5.19. The molecule has 1 N–H and O–H groups in total. The van der Waals surface area contributed by atoms with Crippen LogP contribution >= 0.6 is 0 Å². The van der Waals surface area contributed by atoms with Crippen LogP contribution in [-0.2, 0) is 0 Å². The summed E-state index contributed by atoms with van der Waals surface area (Å²) in [6.07, 6.45) is 0. The van der Waals surface area contributed by atoms with Gasteiger partial charge in [0.05, 0.1) is 0 Å². The van der Waals surface area contributed by atoms with Crippen molar-refractivity contribution in [3.05, 3.63) is 35.9 Å². The summed E-state index contributed by atoms with van der Waals surface area (Å²) in [4.78, 5) is 2.65. The van der Waals surface area contributed by atoms with Gasteiger partial charge in [-0.25, -0.2) is 0 Å². The fourth-order valence-electron chi connectivity index (χ4n) is 3.37. The molecule has 0 saturated carbocycles. The van der Waals surface area contributed by atoms with Crippen LogP contribution in [0.3, 0.4) is 0 Å². The second kappa shape index (κ2) is 7.24. The van der Waals surface area contributed by atoms with Gasteiger partial charge >= 0.3 is 0 Å². The summed E-state index contributed by atoms with van der Waals surface area (Å²) < 4.78 is 0. The van der Waals surface area contributed by atoms with Gasteiger partial charge in [-0.15, -0.1) is 0 Å². The monoisotopic (exact) mass is 274 g/mol. The van der Waals surface area contributed by atoms with Crippen molar-refractivity contribution < 1.29 is 0 Å². The minimum absolute atomic E-state index is 0.491. The second-order valence-electron chi connectivity index (χ2n) is 6.83. The van der Waals surface area contributed by atoms with Crippen LogP contribution in [0.4, 0.5) is 0 Å². The first kappa shape index (κ1) is 15.5. The van der Waals surface area contributed by atoms with Crippen LogP contribution < -0.4 is 5.32 Å². The zero-order valence-electron chi connectivity index (χ0n) is 13.5. The third kappa shape index (κ3) is 4.07. The van der Waals surface area contributed by atoms with E-state index in [2.05, 4.69) is 68.2 Å². The van der Waals surface area contributed by atoms with E-state index in [9.17, 15) is 0 Å². The van der Waals surface area contributed by atoms with E-state index in [0.29, 0.717) is 6.04 Å². The average Bonchev–Trinajstić information content (AvgIpc) is 2.45. The Balaban J connectivity index is 1.97. The summed E-state index contributed by atoms with van der Waals surface area (Å²) >= 11 is 0. The zero-order chi connectivity index (χ0) is 14.5. The fraction of sp³-hybridized carbons (Fsp3) is 0.667. The third-order valence-corrected chi connectivity index (χ3v) is 4.64. The molecular formula is C18H30N2. The Kier molecular flexibility index (Phi) is 5.62. The molecule has 2 rings (SSSR count). The van der Waals surface area contributed by atoms with Crippen LogP contribution in [-0.4, -0.2) is 31.1 Å². The number of rotatable bonds is 5. The molecule has 1 aromatic rings. The van der Waals surface area contributed by atoms with Crippen LogP contribution in [0.2, 0.25) is 0 Å². The minimum Gasteiger partial charge on any atom is -0.308 e. The lowest BCUT2D eigenvalue weighted by atomic mass is 9.85. The predicted molar refractivity (Wildman–Crippen MR) is 86.8 cm³/mol. The van der Waals surface area contributed by atoms with Gasteiger partial charge in [0.2, 0.25) is 0 Å². The molecule has 2 heteroatoms. The molecule has 1 unspecified atom stereocenters. The molecule has 0 bridgehead atoms. The summed E-state index contributed by atoms with van der Waals surface area (Å²) in [5.41, 5.74) is 1.42. The van der Waals surface area contributed by atoms with Crippen LogP contribution in [0.25, 0.3) is 0 Å². The molecule has 1 heterocycles. The normalized spacial score (nSPS) is 21.1. The Bertz CT molecular complexity index is 378. The highest BCUT2D eigenvalue weighted by Crippen LogP contribution is 2.24. The number of nitrogens with zero attached hydrogens (tertiary/aromatic N) is 1. The molecule has 1 fully saturated rings. The molecule has 1 aromatic carbocycles. The maximum atomic E-state index is 3.66. The SMILES string of the molecule is CC(C)C(CN1CCNC(c2ccccc2)C1)C(C)C. The van der Waals surface area contributed by atoms with Gasteiger partial charge in [0.25, 0.3) is 0 Å². The van der Waals surface area contributed by atoms with Crippen LogP contribution in [0.1, 0.15) is 39.3 Å². The highest BCUT2D eigenvalue weighted by atomic mass is 15.2. The molecule has 20 heavy (non-hydrogen) atoms. The lowest BCUT2D eigenvalue weighted by molar-refractivity contribution is 0.132. The van der Waals surface area contributed by atoms with E-state index in [1.54, 1.807) is 0 Å². The van der Waals surface area contributed by atoms with Gasteiger partial charge in [-0.2, -0.15) is 0 Å². The van der Waals surface area contributed by atoms with E-state index < -0.39 is 0 Å². The van der Waals surface area contributed by atoms with E-state index in [4.69, 9.17) is 0 Å². The molecule has 0 amide bonds. The minimum atomic E-state index is 0.491. The molecule has 0 radical (unpaired) electrons. The third-order valence-electron chi connectivity index (χ3n) is 4.64. The van der Waals surface area contributed by atoms with E-state index in [1.165, 1.54) is 18.7 Å².